The number of nitrogens with zero attached hydrogens (tertiary/aromatic N) is 3. The van der Waals surface area contributed by atoms with Crippen LogP contribution in [-0.2, 0) is 6.54 Å². The highest BCUT2D eigenvalue weighted by atomic mass is 19.1. The van der Waals surface area contributed by atoms with Crippen molar-refractivity contribution in [2.75, 3.05) is 0 Å². The molecule has 6 nitrogen and oxygen atoms in total. The van der Waals surface area contributed by atoms with E-state index < -0.39 is 0 Å². The van der Waals surface area contributed by atoms with E-state index in [4.69, 9.17) is 0 Å². The smallest absolute Gasteiger partial charge is 0.274 e. The molecule has 0 radical (unpaired) electrons. The zero-order valence-corrected chi connectivity index (χ0v) is 15.3. The molecule has 0 spiro atoms. The van der Waals surface area contributed by atoms with Crippen molar-refractivity contribution in [1.82, 2.24) is 20.0 Å². The van der Waals surface area contributed by atoms with E-state index in [2.05, 4.69) is 10.4 Å². The van der Waals surface area contributed by atoms with Crippen LogP contribution < -0.4 is 5.32 Å². The molecule has 2 aliphatic heterocycles. The average Bonchev–Trinajstić information content (AvgIpc) is 3.24. The molecule has 0 aliphatic carbocycles. The number of carbonyl (C=O) groups is 2. The van der Waals surface area contributed by atoms with Gasteiger partial charge in [-0.25, -0.2) is 4.39 Å². The van der Waals surface area contributed by atoms with Gasteiger partial charge in [0.05, 0.1) is 0 Å². The summed E-state index contributed by atoms with van der Waals surface area (Å²) in [6.45, 7) is 2.72. The van der Waals surface area contributed by atoms with Gasteiger partial charge in [-0.05, 0) is 62.9 Å². The van der Waals surface area contributed by atoms with Crippen LogP contribution in [0.15, 0.2) is 36.5 Å². The van der Waals surface area contributed by atoms with Crippen molar-refractivity contribution in [3.05, 3.63) is 53.6 Å². The number of amides is 2. The summed E-state index contributed by atoms with van der Waals surface area (Å²) in [5.41, 5.74) is 0.940. The Hall–Kier alpha value is -2.70. The van der Waals surface area contributed by atoms with E-state index >= 15 is 0 Å². The molecule has 2 aromatic rings. The number of carbonyl (C=O) groups excluding carboxylic acids is 2. The van der Waals surface area contributed by atoms with Crippen molar-refractivity contribution in [2.45, 2.75) is 57.3 Å². The van der Waals surface area contributed by atoms with Crippen LogP contribution in [0.5, 0.6) is 0 Å². The van der Waals surface area contributed by atoms with E-state index in [-0.39, 0.29) is 35.8 Å². The van der Waals surface area contributed by atoms with Crippen LogP contribution in [0.25, 0.3) is 0 Å². The van der Waals surface area contributed by atoms with Crippen LogP contribution in [0, 0.1) is 5.82 Å². The Labute approximate surface area is 157 Å². The Morgan fingerprint density at radius 2 is 1.81 bits per heavy atom. The molecule has 4 rings (SSSR count). The number of benzene rings is 1. The molecule has 2 saturated heterocycles. The number of hydrogen-bond donors (Lipinski definition) is 1. The van der Waals surface area contributed by atoms with E-state index in [1.54, 1.807) is 10.7 Å². The predicted octanol–water partition coefficient (Wildman–Crippen LogP) is 2.61. The van der Waals surface area contributed by atoms with Crippen molar-refractivity contribution >= 4 is 11.8 Å². The molecule has 3 heterocycles. The van der Waals surface area contributed by atoms with Crippen LogP contribution in [0.1, 0.15) is 53.5 Å². The molecule has 27 heavy (non-hydrogen) atoms. The number of hydrogen-bond acceptors (Lipinski definition) is 3. The Kier molecular flexibility index (Phi) is 4.68. The number of aryl methyl sites for hydroxylation is 1. The second-order valence-electron chi connectivity index (χ2n) is 7.30. The fourth-order valence-corrected chi connectivity index (χ4v) is 4.28. The highest BCUT2D eigenvalue weighted by Crippen LogP contribution is 2.36. The molecule has 142 valence electrons. The van der Waals surface area contributed by atoms with Crippen molar-refractivity contribution in [3.8, 4) is 0 Å². The lowest BCUT2D eigenvalue weighted by Gasteiger charge is -2.38. The van der Waals surface area contributed by atoms with Gasteiger partial charge in [-0.1, -0.05) is 0 Å². The summed E-state index contributed by atoms with van der Waals surface area (Å²) >= 11 is 0. The Balaban J connectivity index is 1.41. The van der Waals surface area contributed by atoms with E-state index in [0.29, 0.717) is 11.3 Å². The van der Waals surface area contributed by atoms with Gasteiger partial charge in [0.25, 0.3) is 11.8 Å². The van der Waals surface area contributed by atoms with E-state index in [9.17, 15) is 14.0 Å². The van der Waals surface area contributed by atoms with E-state index in [1.165, 1.54) is 24.3 Å². The summed E-state index contributed by atoms with van der Waals surface area (Å²) in [6, 6.07) is 7.60. The van der Waals surface area contributed by atoms with Gasteiger partial charge in [-0.2, -0.15) is 5.10 Å². The second kappa shape index (κ2) is 7.13. The van der Waals surface area contributed by atoms with Crippen molar-refractivity contribution in [2.24, 2.45) is 0 Å². The molecule has 3 atom stereocenters. The van der Waals surface area contributed by atoms with E-state index in [1.807, 2.05) is 18.0 Å². The largest absolute Gasteiger partial charge is 0.349 e. The number of halogens is 1. The zero-order valence-electron chi connectivity index (χ0n) is 15.3. The topological polar surface area (TPSA) is 67.2 Å². The first-order valence-corrected chi connectivity index (χ1v) is 9.47. The minimum Gasteiger partial charge on any atom is -0.349 e. The van der Waals surface area contributed by atoms with E-state index in [0.717, 1.165) is 32.2 Å². The van der Waals surface area contributed by atoms with Crippen molar-refractivity contribution < 1.29 is 14.0 Å². The summed E-state index contributed by atoms with van der Waals surface area (Å²) in [4.78, 5) is 27.3. The highest BCUT2D eigenvalue weighted by Gasteiger charge is 2.44. The molecule has 2 bridgehead atoms. The van der Waals surface area contributed by atoms with Gasteiger partial charge in [-0.3, -0.25) is 14.3 Å². The maximum Gasteiger partial charge on any atom is 0.274 e. The first-order valence-electron chi connectivity index (χ1n) is 9.47. The third-order valence-corrected chi connectivity index (χ3v) is 5.59. The average molecular weight is 370 g/mol. The maximum atomic E-state index is 13.0. The van der Waals surface area contributed by atoms with Gasteiger partial charge in [0.2, 0.25) is 0 Å². The molecular weight excluding hydrogens is 347 g/mol. The molecule has 2 fully saturated rings. The summed E-state index contributed by atoms with van der Waals surface area (Å²) in [5.74, 6) is -0.569. The minimum atomic E-state index is -0.359. The lowest BCUT2D eigenvalue weighted by molar-refractivity contribution is 0.0543. The van der Waals surface area contributed by atoms with Gasteiger partial charge in [0.1, 0.15) is 11.5 Å². The molecule has 1 aromatic heterocycles. The third kappa shape index (κ3) is 3.46. The molecule has 2 aliphatic rings. The van der Waals surface area contributed by atoms with Crippen molar-refractivity contribution in [3.63, 3.8) is 0 Å². The van der Waals surface area contributed by atoms with Crippen LogP contribution in [0.4, 0.5) is 4.39 Å². The molecular formula is C20H23FN4O2. The lowest BCUT2D eigenvalue weighted by atomic mass is 9.96. The molecule has 1 aromatic carbocycles. The van der Waals surface area contributed by atoms with Gasteiger partial charge < -0.3 is 10.2 Å². The number of nitrogens with one attached hydrogen (secondary N) is 1. The summed E-state index contributed by atoms with van der Waals surface area (Å²) < 4.78 is 14.8. The number of piperidine rings is 1. The monoisotopic (exact) mass is 370 g/mol. The molecule has 7 heteroatoms. The maximum absolute atomic E-state index is 13.0. The number of aromatic nitrogens is 2. The number of rotatable bonds is 4. The summed E-state index contributed by atoms with van der Waals surface area (Å²) in [7, 11) is 0. The molecule has 1 unspecified atom stereocenters. The van der Waals surface area contributed by atoms with Gasteiger partial charge in [-0.15, -0.1) is 0 Å². The van der Waals surface area contributed by atoms with Crippen LogP contribution in [0.2, 0.25) is 0 Å². The fraction of sp³-hybridized carbons (Fsp3) is 0.450. The Morgan fingerprint density at radius 1 is 1.15 bits per heavy atom. The summed E-state index contributed by atoms with van der Waals surface area (Å²) in [5, 5.41) is 7.39. The Morgan fingerprint density at radius 3 is 2.41 bits per heavy atom. The van der Waals surface area contributed by atoms with Crippen LogP contribution in [-0.4, -0.2) is 44.6 Å². The quantitative estimate of drug-likeness (QED) is 0.900. The Bertz CT molecular complexity index is 834. The zero-order chi connectivity index (χ0) is 19.0. The second-order valence-corrected chi connectivity index (χ2v) is 7.30. The predicted molar refractivity (Wildman–Crippen MR) is 97.8 cm³/mol. The first-order chi connectivity index (χ1) is 13.0. The first kappa shape index (κ1) is 17.7. The molecule has 0 saturated carbocycles. The van der Waals surface area contributed by atoms with Gasteiger partial charge in [0, 0.05) is 36.4 Å². The molecule has 2 amide bonds. The van der Waals surface area contributed by atoms with Gasteiger partial charge in [0.15, 0.2) is 0 Å². The van der Waals surface area contributed by atoms with Crippen LogP contribution >= 0.6 is 0 Å². The SMILES string of the molecule is CCn1ccc(C(=O)N2[C@@H]3CC[C@H]2CC(NC(=O)c2ccc(F)cc2)C3)n1. The molecule has 1 N–H and O–H groups in total. The summed E-state index contributed by atoms with van der Waals surface area (Å²) in [6.07, 6.45) is 5.21. The van der Waals surface area contributed by atoms with Gasteiger partial charge >= 0.3 is 0 Å². The van der Waals surface area contributed by atoms with Crippen LogP contribution in [0.3, 0.4) is 0 Å². The standard InChI is InChI=1S/C20H23FN4O2/c1-2-24-10-9-18(23-24)20(27)25-16-7-8-17(25)12-15(11-16)22-19(26)13-3-5-14(21)6-4-13/h3-6,9-10,15-17H,2,7-8,11-12H2,1H3,(H,22,26)/t15?,16-,17+. The highest BCUT2D eigenvalue weighted by molar-refractivity contribution is 5.94. The minimum absolute atomic E-state index is 0.0157. The fourth-order valence-electron chi connectivity index (χ4n) is 4.28. The normalized spacial score (nSPS) is 24.1. The third-order valence-electron chi connectivity index (χ3n) is 5.59. The number of fused-ring (bicyclic) bond motifs is 2. The van der Waals surface area contributed by atoms with Crippen molar-refractivity contribution in [1.29, 1.82) is 0 Å². The lowest BCUT2D eigenvalue weighted by Crippen LogP contribution is -2.52.